The maximum atomic E-state index is 12.8. The van der Waals surface area contributed by atoms with E-state index in [0.717, 1.165) is 0 Å². The third kappa shape index (κ3) is 0.753. The Bertz CT molecular complexity index is 239. The van der Waals surface area contributed by atoms with Crippen LogP contribution in [0.15, 0.2) is 0 Å². The van der Waals surface area contributed by atoms with E-state index in [1.165, 1.54) is 0 Å². The number of hydrogen-bond donors (Lipinski definition) is 1. The van der Waals surface area contributed by atoms with E-state index in [0.29, 0.717) is 0 Å². The number of rotatable bonds is 1. The van der Waals surface area contributed by atoms with Crippen LogP contribution in [0.25, 0.3) is 0 Å². The zero-order valence-corrected chi connectivity index (χ0v) is 6.97. The molecule has 0 aromatic heterocycles. The van der Waals surface area contributed by atoms with Crippen LogP contribution in [0.5, 0.6) is 0 Å². The van der Waals surface area contributed by atoms with Crippen LogP contribution in [0, 0.1) is 17.8 Å². The summed E-state index contributed by atoms with van der Waals surface area (Å²) in [6, 6.07) is -0.864. The van der Waals surface area contributed by atoms with Crippen LogP contribution in [-0.4, -0.2) is 17.9 Å². The molecule has 0 bridgehead atoms. The van der Waals surface area contributed by atoms with Crippen LogP contribution in [0.3, 0.4) is 0 Å². The number of fused-ring (bicyclic) bond motifs is 1. The molecule has 1 heterocycles. The molecule has 68 valence electrons. The number of alkyl halides is 2. The highest BCUT2D eigenvalue weighted by atomic mass is 19.3. The Morgan fingerprint density at radius 2 is 2.08 bits per heavy atom. The molecule has 2 rings (SSSR count). The van der Waals surface area contributed by atoms with E-state index in [1.807, 2.05) is 0 Å². The molecule has 4 heteroatoms. The van der Waals surface area contributed by atoms with E-state index < -0.39 is 23.8 Å². The minimum absolute atomic E-state index is 0.00775. The molecule has 1 saturated heterocycles. The van der Waals surface area contributed by atoms with Gasteiger partial charge in [-0.25, -0.2) is 8.78 Å². The largest absolute Gasteiger partial charge is 0.346 e. The van der Waals surface area contributed by atoms with Crippen molar-refractivity contribution in [3.63, 3.8) is 0 Å². The van der Waals surface area contributed by atoms with Gasteiger partial charge in [0.25, 0.3) is 5.92 Å². The average Bonchev–Trinajstić information content (AvgIpc) is 2.40. The van der Waals surface area contributed by atoms with Crippen LogP contribution in [0.2, 0.25) is 0 Å². The molecule has 0 aromatic rings. The van der Waals surface area contributed by atoms with E-state index in [2.05, 4.69) is 5.32 Å². The molecule has 2 nitrogen and oxygen atoms in total. The highest BCUT2D eigenvalue weighted by Crippen LogP contribution is 2.58. The molecule has 12 heavy (non-hydrogen) atoms. The van der Waals surface area contributed by atoms with Crippen LogP contribution >= 0.6 is 0 Å². The SMILES string of the molecule is CC(C)C1C(=O)NC2C1C2(F)F. The first kappa shape index (κ1) is 7.95. The summed E-state index contributed by atoms with van der Waals surface area (Å²) in [4.78, 5) is 11.1. The first-order valence-corrected chi connectivity index (χ1v) is 4.14. The third-order valence-corrected chi connectivity index (χ3v) is 2.81. The van der Waals surface area contributed by atoms with Crippen molar-refractivity contribution in [1.29, 1.82) is 0 Å². The molecule has 0 aromatic carbocycles. The second kappa shape index (κ2) is 1.98. The van der Waals surface area contributed by atoms with E-state index in [4.69, 9.17) is 0 Å². The van der Waals surface area contributed by atoms with Crippen molar-refractivity contribution in [1.82, 2.24) is 5.32 Å². The van der Waals surface area contributed by atoms with E-state index in [-0.39, 0.29) is 11.8 Å². The molecule has 0 spiro atoms. The molecule has 0 radical (unpaired) electrons. The van der Waals surface area contributed by atoms with Crippen molar-refractivity contribution in [2.24, 2.45) is 17.8 Å². The Hall–Kier alpha value is -0.670. The molecular formula is C8H11F2NO. The Kier molecular flexibility index (Phi) is 1.31. The monoisotopic (exact) mass is 175 g/mol. The Balaban J connectivity index is 2.19. The predicted molar refractivity (Wildman–Crippen MR) is 38.7 cm³/mol. The second-order valence-electron chi connectivity index (χ2n) is 3.96. The van der Waals surface area contributed by atoms with Gasteiger partial charge in [-0.1, -0.05) is 13.8 Å². The van der Waals surface area contributed by atoms with Gasteiger partial charge < -0.3 is 5.32 Å². The van der Waals surface area contributed by atoms with Crippen molar-refractivity contribution in [2.75, 3.05) is 0 Å². The van der Waals surface area contributed by atoms with Gasteiger partial charge in [0.2, 0.25) is 5.91 Å². The number of hydrogen-bond acceptors (Lipinski definition) is 1. The molecule has 1 saturated carbocycles. The molecular weight excluding hydrogens is 164 g/mol. The topological polar surface area (TPSA) is 29.1 Å². The Morgan fingerprint density at radius 3 is 2.42 bits per heavy atom. The molecule has 1 aliphatic carbocycles. The van der Waals surface area contributed by atoms with E-state index in [1.54, 1.807) is 13.8 Å². The van der Waals surface area contributed by atoms with Crippen LogP contribution in [0.1, 0.15) is 13.8 Å². The van der Waals surface area contributed by atoms with Gasteiger partial charge in [0.15, 0.2) is 0 Å². The minimum atomic E-state index is -2.64. The molecule has 3 atom stereocenters. The first-order chi connectivity index (χ1) is 5.46. The van der Waals surface area contributed by atoms with Crippen LogP contribution in [0.4, 0.5) is 8.78 Å². The fourth-order valence-corrected chi connectivity index (χ4v) is 2.11. The molecule has 3 unspecified atom stereocenters. The quantitative estimate of drug-likeness (QED) is 0.633. The predicted octanol–water partition coefficient (Wildman–Crippen LogP) is 1.02. The van der Waals surface area contributed by atoms with Crippen molar-refractivity contribution in [3.05, 3.63) is 0 Å². The number of piperidine rings is 1. The zero-order chi connectivity index (χ0) is 9.09. The smallest absolute Gasteiger partial charge is 0.274 e. The fourth-order valence-electron chi connectivity index (χ4n) is 2.11. The highest BCUT2D eigenvalue weighted by Gasteiger charge is 2.76. The molecule has 1 N–H and O–H groups in total. The van der Waals surface area contributed by atoms with E-state index in [9.17, 15) is 13.6 Å². The van der Waals surface area contributed by atoms with E-state index >= 15 is 0 Å². The summed E-state index contributed by atoms with van der Waals surface area (Å²) in [7, 11) is 0. The van der Waals surface area contributed by atoms with Crippen LogP contribution in [-0.2, 0) is 4.79 Å². The molecule has 2 fully saturated rings. The molecule has 1 amide bonds. The summed E-state index contributed by atoms with van der Waals surface area (Å²) < 4.78 is 25.6. The summed E-state index contributed by atoms with van der Waals surface area (Å²) in [6.07, 6.45) is 0. The van der Waals surface area contributed by atoms with Gasteiger partial charge in [-0.05, 0) is 5.92 Å². The number of carbonyl (C=O) groups excluding carboxylic acids is 1. The number of amides is 1. The summed E-state index contributed by atoms with van der Waals surface area (Å²) in [6.45, 7) is 3.61. The number of halogens is 2. The van der Waals surface area contributed by atoms with Gasteiger partial charge in [0.1, 0.15) is 6.04 Å². The third-order valence-electron chi connectivity index (χ3n) is 2.81. The van der Waals surface area contributed by atoms with Crippen molar-refractivity contribution >= 4 is 5.91 Å². The summed E-state index contributed by atoms with van der Waals surface area (Å²) in [5, 5.41) is 2.32. The first-order valence-electron chi connectivity index (χ1n) is 4.14. The summed E-state index contributed by atoms with van der Waals surface area (Å²) >= 11 is 0. The second-order valence-corrected chi connectivity index (χ2v) is 3.96. The fraction of sp³-hybridized carbons (Fsp3) is 0.875. The maximum Gasteiger partial charge on any atom is 0.274 e. The standard InChI is InChI=1S/C8H11F2NO/c1-3(2)4-5-6(8(5,9)10)11-7(4)12/h3-6H,1-2H3,(H,11,12). The number of carbonyl (C=O) groups is 1. The number of nitrogens with one attached hydrogen (secondary N) is 1. The maximum absolute atomic E-state index is 12.8. The van der Waals surface area contributed by atoms with Gasteiger partial charge in [0.05, 0.1) is 11.8 Å². The van der Waals surface area contributed by atoms with Gasteiger partial charge in [0, 0.05) is 0 Å². The van der Waals surface area contributed by atoms with Gasteiger partial charge in [-0.15, -0.1) is 0 Å². The summed E-state index contributed by atoms with van der Waals surface area (Å²) in [5.41, 5.74) is 0. The van der Waals surface area contributed by atoms with Crippen molar-refractivity contribution in [3.8, 4) is 0 Å². The lowest BCUT2D eigenvalue weighted by Gasteiger charge is -2.15. The van der Waals surface area contributed by atoms with Crippen LogP contribution < -0.4 is 5.32 Å². The molecule has 2 aliphatic rings. The average molecular weight is 175 g/mol. The van der Waals surface area contributed by atoms with Crippen molar-refractivity contribution < 1.29 is 13.6 Å². The highest BCUT2D eigenvalue weighted by molar-refractivity contribution is 5.84. The van der Waals surface area contributed by atoms with Gasteiger partial charge in [-0.3, -0.25) is 4.79 Å². The lowest BCUT2D eigenvalue weighted by atomic mass is 9.91. The molecule has 1 aliphatic heterocycles. The lowest BCUT2D eigenvalue weighted by Crippen LogP contribution is -2.34. The minimum Gasteiger partial charge on any atom is -0.346 e. The normalized spacial score (nSPS) is 42.8. The van der Waals surface area contributed by atoms with Gasteiger partial charge in [-0.2, -0.15) is 0 Å². The van der Waals surface area contributed by atoms with Crippen molar-refractivity contribution in [2.45, 2.75) is 25.8 Å². The lowest BCUT2D eigenvalue weighted by molar-refractivity contribution is -0.127. The summed E-state index contributed by atoms with van der Waals surface area (Å²) in [5.74, 6) is -4.04. The zero-order valence-electron chi connectivity index (χ0n) is 6.97. The van der Waals surface area contributed by atoms with Gasteiger partial charge >= 0.3 is 0 Å². The Labute approximate surface area is 69.3 Å². The Morgan fingerprint density at radius 1 is 1.50 bits per heavy atom.